The van der Waals surface area contributed by atoms with Crippen molar-refractivity contribution >= 4 is 17.3 Å². The topological polar surface area (TPSA) is 97.2 Å². The summed E-state index contributed by atoms with van der Waals surface area (Å²) < 4.78 is 0. The van der Waals surface area contributed by atoms with E-state index in [2.05, 4.69) is 15.6 Å². The molecule has 1 unspecified atom stereocenters. The van der Waals surface area contributed by atoms with E-state index in [-0.39, 0.29) is 23.7 Å². The van der Waals surface area contributed by atoms with Gasteiger partial charge < -0.3 is 10.6 Å². The smallest absolute Gasteiger partial charge is 0.293 e. The van der Waals surface area contributed by atoms with Crippen LogP contribution in [0.3, 0.4) is 0 Å². The van der Waals surface area contributed by atoms with Crippen LogP contribution in [0.1, 0.15) is 41.9 Å². The molecular formula is C17H18N4O3. The van der Waals surface area contributed by atoms with Crippen LogP contribution in [0.4, 0.5) is 11.4 Å². The number of nitrogens with one attached hydrogen (secondary N) is 2. The highest BCUT2D eigenvalue weighted by atomic mass is 16.6. The summed E-state index contributed by atoms with van der Waals surface area (Å²) in [4.78, 5) is 27.2. The molecular weight excluding hydrogens is 308 g/mol. The first-order valence-electron chi connectivity index (χ1n) is 7.81. The van der Waals surface area contributed by atoms with Gasteiger partial charge in [0.2, 0.25) is 0 Å². The first kappa shape index (κ1) is 15.9. The van der Waals surface area contributed by atoms with Gasteiger partial charge in [-0.25, -0.2) is 0 Å². The molecule has 7 nitrogen and oxygen atoms in total. The second-order valence-corrected chi connectivity index (χ2v) is 5.86. The highest BCUT2D eigenvalue weighted by Gasteiger charge is 2.25. The zero-order chi connectivity index (χ0) is 17.1. The van der Waals surface area contributed by atoms with Crippen molar-refractivity contribution in [3.8, 4) is 0 Å². The number of rotatable bonds is 6. The van der Waals surface area contributed by atoms with Gasteiger partial charge in [0.15, 0.2) is 0 Å². The number of nitrogens with zero attached hydrogens (tertiary/aromatic N) is 2. The van der Waals surface area contributed by atoms with Crippen molar-refractivity contribution in [1.82, 2.24) is 10.3 Å². The van der Waals surface area contributed by atoms with E-state index in [4.69, 9.17) is 0 Å². The van der Waals surface area contributed by atoms with Crippen LogP contribution in [0.15, 0.2) is 42.6 Å². The van der Waals surface area contributed by atoms with Crippen LogP contribution in [0, 0.1) is 10.1 Å². The Hall–Kier alpha value is -2.96. The summed E-state index contributed by atoms with van der Waals surface area (Å²) in [7, 11) is 0. The molecule has 1 aromatic heterocycles. The first-order valence-corrected chi connectivity index (χ1v) is 7.81. The quantitative estimate of drug-likeness (QED) is 0.628. The maximum atomic E-state index is 12.1. The van der Waals surface area contributed by atoms with E-state index < -0.39 is 4.92 Å². The summed E-state index contributed by atoms with van der Waals surface area (Å²) in [5.74, 6) is -0.273. The molecule has 1 aromatic carbocycles. The third-order valence-electron chi connectivity index (χ3n) is 3.87. The Balaban J connectivity index is 1.81. The Morgan fingerprint density at radius 3 is 2.75 bits per heavy atom. The minimum Gasteiger partial charge on any atom is -0.371 e. The first-order chi connectivity index (χ1) is 11.5. The Kier molecular flexibility index (Phi) is 4.41. The fourth-order valence-corrected chi connectivity index (χ4v) is 2.38. The molecule has 7 heteroatoms. The number of carbonyl (C=O) groups excluding carboxylic acids is 1. The summed E-state index contributed by atoms with van der Waals surface area (Å²) in [6, 6.07) is 10.0. The second kappa shape index (κ2) is 6.66. The van der Waals surface area contributed by atoms with Gasteiger partial charge in [0.1, 0.15) is 5.69 Å². The van der Waals surface area contributed by atoms with Gasteiger partial charge in [-0.15, -0.1) is 0 Å². The van der Waals surface area contributed by atoms with E-state index in [1.54, 1.807) is 18.3 Å². The maximum Gasteiger partial charge on any atom is 0.293 e. The number of anilines is 1. The lowest BCUT2D eigenvalue weighted by Gasteiger charge is -2.15. The third kappa shape index (κ3) is 3.68. The number of aromatic nitrogens is 1. The zero-order valence-corrected chi connectivity index (χ0v) is 13.2. The van der Waals surface area contributed by atoms with E-state index in [9.17, 15) is 14.9 Å². The number of hydrogen-bond acceptors (Lipinski definition) is 5. The van der Waals surface area contributed by atoms with Crippen molar-refractivity contribution < 1.29 is 9.72 Å². The van der Waals surface area contributed by atoms with Gasteiger partial charge in [0, 0.05) is 23.9 Å². The highest BCUT2D eigenvalue weighted by molar-refractivity contribution is 5.96. The van der Waals surface area contributed by atoms with Crippen molar-refractivity contribution in [3.63, 3.8) is 0 Å². The maximum absolute atomic E-state index is 12.1. The molecule has 2 N–H and O–H groups in total. The van der Waals surface area contributed by atoms with Crippen LogP contribution in [0.25, 0.3) is 0 Å². The van der Waals surface area contributed by atoms with Crippen LogP contribution in [-0.2, 0) is 0 Å². The summed E-state index contributed by atoms with van der Waals surface area (Å²) in [6.45, 7) is 1.87. The van der Waals surface area contributed by atoms with Crippen molar-refractivity contribution in [1.29, 1.82) is 0 Å². The van der Waals surface area contributed by atoms with E-state index in [1.165, 1.54) is 6.07 Å². The van der Waals surface area contributed by atoms with E-state index in [0.717, 1.165) is 18.5 Å². The molecule has 1 saturated carbocycles. The Bertz CT molecular complexity index is 760. The lowest BCUT2D eigenvalue weighted by molar-refractivity contribution is -0.384. The van der Waals surface area contributed by atoms with Gasteiger partial charge in [0.25, 0.3) is 11.6 Å². The van der Waals surface area contributed by atoms with E-state index in [0.29, 0.717) is 11.3 Å². The molecule has 2 aromatic rings. The molecule has 124 valence electrons. The second-order valence-electron chi connectivity index (χ2n) is 5.86. The monoisotopic (exact) mass is 326 g/mol. The van der Waals surface area contributed by atoms with Gasteiger partial charge in [-0.05, 0) is 44.0 Å². The predicted molar refractivity (Wildman–Crippen MR) is 89.9 cm³/mol. The third-order valence-corrected chi connectivity index (χ3v) is 3.87. The number of nitro benzene ring substituents is 1. The fraction of sp³-hybridized carbons (Fsp3) is 0.294. The number of pyridine rings is 1. The molecule has 3 rings (SSSR count). The van der Waals surface area contributed by atoms with Crippen molar-refractivity contribution in [2.24, 2.45) is 0 Å². The van der Waals surface area contributed by atoms with Crippen molar-refractivity contribution in [2.75, 3.05) is 5.32 Å². The van der Waals surface area contributed by atoms with Gasteiger partial charge in [0.05, 0.1) is 16.7 Å². The number of amides is 1. The molecule has 1 fully saturated rings. The van der Waals surface area contributed by atoms with Gasteiger partial charge in [-0.1, -0.05) is 6.07 Å². The van der Waals surface area contributed by atoms with Crippen LogP contribution in [-0.4, -0.2) is 21.9 Å². The molecule has 24 heavy (non-hydrogen) atoms. The molecule has 0 radical (unpaired) electrons. The minimum atomic E-state index is -0.485. The minimum absolute atomic E-state index is 0.124. The zero-order valence-electron chi connectivity index (χ0n) is 13.2. The molecule has 1 atom stereocenters. The Labute approximate surface area is 139 Å². The number of carbonyl (C=O) groups is 1. The predicted octanol–water partition coefficient (Wildman–Crippen LogP) is 3.06. The summed E-state index contributed by atoms with van der Waals surface area (Å²) in [5.41, 5.74) is 1.31. The van der Waals surface area contributed by atoms with E-state index >= 15 is 0 Å². The lowest BCUT2D eigenvalue weighted by Crippen LogP contribution is -2.25. The average molecular weight is 326 g/mol. The molecule has 1 heterocycles. The van der Waals surface area contributed by atoms with Crippen LogP contribution >= 0.6 is 0 Å². The van der Waals surface area contributed by atoms with Gasteiger partial charge in [-0.3, -0.25) is 19.9 Å². The number of benzene rings is 1. The number of nitro groups is 1. The molecule has 0 spiro atoms. The van der Waals surface area contributed by atoms with Crippen LogP contribution in [0.5, 0.6) is 0 Å². The molecule has 1 aliphatic rings. The summed E-state index contributed by atoms with van der Waals surface area (Å²) in [5, 5.41) is 17.3. The fourth-order valence-electron chi connectivity index (χ4n) is 2.38. The SMILES string of the molecule is CC(Nc1ccc(C(=O)NC2CC2)cc1[N+](=O)[O-])c1ccccn1. The molecule has 1 amide bonds. The largest absolute Gasteiger partial charge is 0.371 e. The number of hydrogen-bond donors (Lipinski definition) is 2. The molecule has 0 aliphatic heterocycles. The van der Waals surface area contributed by atoms with Crippen molar-refractivity contribution in [3.05, 3.63) is 64.0 Å². The summed E-state index contributed by atoms with van der Waals surface area (Å²) >= 11 is 0. The van der Waals surface area contributed by atoms with Gasteiger partial charge in [-0.2, -0.15) is 0 Å². The summed E-state index contributed by atoms with van der Waals surface area (Å²) in [6.07, 6.45) is 3.61. The highest BCUT2D eigenvalue weighted by Crippen LogP contribution is 2.29. The standard InChI is InChI=1S/C17H18N4O3/c1-11(14-4-2-3-9-18-14)19-15-8-5-12(10-16(15)21(23)24)17(22)20-13-6-7-13/h2-5,8-11,13,19H,6-7H2,1H3,(H,20,22). The molecule has 1 aliphatic carbocycles. The Morgan fingerprint density at radius 1 is 1.33 bits per heavy atom. The molecule has 0 bridgehead atoms. The van der Waals surface area contributed by atoms with Crippen LogP contribution in [0.2, 0.25) is 0 Å². The normalized spacial score (nSPS) is 14.7. The van der Waals surface area contributed by atoms with Crippen molar-refractivity contribution in [2.45, 2.75) is 31.8 Å². The average Bonchev–Trinajstić information content (AvgIpc) is 3.39. The van der Waals surface area contributed by atoms with E-state index in [1.807, 2.05) is 25.1 Å². The van der Waals surface area contributed by atoms with Crippen LogP contribution < -0.4 is 10.6 Å². The molecule has 0 saturated heterocycles. The van der Waals surface area contributed by atoms with Gasteiger partial charge >= 0.3 is 0 Å². The lowest BCUT2D eigenvalue weighted by atomic mass is 10.1. The Morgan fingerprint density at radius 2 is 2.12 bits per heavy atom.